The largest absolute Gasteiger partial charge is 0.508 e. The summed E-state index contributed by atoms with van der Waals surface area (Å²) in [5.74, 6) is 1.12. The highest BCUT2D eigenvalue weighted by Gasteiger charge is 1.99. The van der Waals surface area contributed by atoms with Gasteiger partial charge in [0.2, 0.25) is 0 Å². The lowest BCUT2D eigenvalue weighted by atomic mass is 10.1. The van der Waals surface area contributed by atoms with Gasteiger partial charge in [0, 0.05) is 13.7 Å². The van der Waals surface area contributed by atoms with Crippen LogP contribution in [0.25, 0.3) is 10.8 Å². The summed E-state index contributed by atoms with van der Waals surface area (Å²) in [6.45, 7) is 1.46. The Labute approximate surface area is 107 Å². The summed E-state index contributed by atoms with van der Waals surface area (Å²) in [7, 11) is 1.71. The van der Waals surface area contributed by atoms with Gasteiger partial charge in [-0.1, -0.05) is 12.1 Å². The molecule has 0 heterocycles. The maximum Gasteiger partial charge on any atom is 0.119 e. The van der Waals surface area contributed by atoms with Crippen LogP contribution >= 0.6 is 0 Å². The summed E-state index contributed by atoms with van der Waals surface area (Å²) in [6, 6.07) is 11.2. The summed E-state index contributed by atoms with van der Waals surface area (Å²) in [5.41, 5.74) is 0. The molecule has 2 rings (SSSR count). The minimum Gasteiger partial charge on any atom is -0.508 e. The van der Waals surface area contributed by atoms with E-state index in [0.717, 1.165) is 36.0 Å². The van der Waals surface area contributed by atoms with Crippen molar-refractivity contribution in [1.29, 1.82) is 0 Å². The fraction of sp³-hybridized carbons (Fsp3) is 0.333. The molecule has 0 bridgehead atoms. The molecule has 3 nitrogen and oxygen atoms in total. The van der Waals surface area contributed by atoms with E-state index in [1.807, 2.05) is 24.3 Å². The van der Waals surface area contributed by atoms with Gasteiger partial charge >= 0.3 is 0 Å². The van der Waals surface area contributed by atoms with Crippen molar-refractivity contribution in [2.45, 2.75) is 12.8 Å². The maximum atomic E-state index is 9.44. The van der Waals surface area contributed by atoms with Gasteiger partial charge in [0.05, 0.1) is 6.61 Å². The molecule has 0 spiro atoms. The number of benzene rings is 2. The van der Waals surface area contributed by atoms with Gasteiger partial charge in [-0.2, -0.15) is 0 Å². The maximum absolute atomic E-state index is 9.44. The molecule has 2 aromatic rings. The molecule has 0 saturated heterocycles. The molecule has 96 valence electrons. The van der Waals surface area contributed by atoms with E-state index in [9.17, 15) is 5.11 Å². The quantitative estimate of drug-likeness (QED) is 0.794. The molecule has 18 heavy (non-hydrogen) atoms. The smallest absolute Gasteiger partial charge is 0.119 e. The molecular formula is C15H18O3. The monoisotopic (exact) mass is 246 g/mol. The molecule has 0 atom stereocenters. The third kappa shape index (κ3) is 3.37. The summed E-state index contributed by atoms with van der Waals surface area (Å²) < 4.78 is 10.6. The molecule has 2 aromatic carbocycles. The van der Waals surface area contributed by atoms with E-state index in [1.165, 1.54) is 0 Å². The summed E-state index contributed by atoms with van der Waals surface area (Å²) >= 11 is 0. The zero-order valence-electron chi connectivity index (χ0n) is 10.6. The van der Waals surface area contributed by atoms with Crippen molar-refractivity contribution in [2.24, 2.45) is 0 Å². The number of phenolic OH excluding ortho intramolecular Hbond substituents is 1. The number of aromatic hydroxyl groups is 1. The molecular weight excluding hydrogens is 228 g/mol. The van der Waals surface area contributed by atoms with Gasteiger partial charge < -0.3 is 14.6 Å². The standard InChI is InChI=1S/C15H18O3/c1-17-8-2-3-9-18-15-7-5-12-4-6-14(16)10-13(12)11-15/h4-7,10-11,16H,2-3,8-9H2,1H3. The number of rotatable bonds is 6. The van der Waals surface area contributed by atoms with Gasteiger partial charge in [0.15, 0.2) is 0 Å². The third-order valence-corrected chi connectivity index (χ3v) is 2.81. The Bertz CT molecular complexity index is 508. The van der Waals surface area contributed by atoms with Gasteiger partial charge in [-0.05, 0) is 47.9 Å². The summed E-state index contributed by atoms with van der Waals surface area (Å²) in [6.07, 6.45) is 1.98. The van der Waals surface area contributed by atoms with Crippen LogP contribution in [0, 0.1) is 0 Å². The van der Waals surface area contributed by atoms with E-state index in [4.69, 9.17) is 9.47 Å². The summed E-state index contributed by atoms with van der Waals surface area (Å²) in [4.78, 5) is 0. The Kier molecular flexibility index (Phi) is 4.42. The Morgan fingerprint density at radius 2 is 1.72 bits per heavy atom. The minimum atomic E-state index is 0.278. The number of hydrogen-bond donors (Lipinski definition) is 1. The fourth-order valence-corrected chi connectivity index (χ4v) is 1.84. The third-order valence-electron chi connectivity index (χ3n) is 2.81. The molecule has 0 aliphatic rings. The van der Waals surface area contributed by atoms with Crippen LogP contribution in [0.1, 0.15) is 12.8 Å². The molecule has 0 saturated carbocycles. The Morgan fingerprint density at radius 3 is 2.56 bits per heavy atom. The number of fused-ring (bicyclic) bond motifs is 1. The van der Waals surface area contributed by atoms with Crippen LogP contribution in [-0.2, 0) is 4.74 Å². The van der Waals surface area contributed by atoms with Crippen LogP contribution in [0.5, 0.6) is 11.5 Å². The van der Waals surface area contributed by atoms with Gasteiger partial charge in [0.25, 0.3) is 0 Å². The van der Waals surface area contributed by atoms with Gasteiger partial charge in [-0.15, -0.1) is 0 Å². The van der Waals surface area contributed by atoms with E-state index in [1.54, 1.807) is 19.2 Å². The van der Waals surface area contributed by atoms with Crippen molar-refractivity contribution in [1.82, 2.24) is 0 Å². The normalized spacial score (nSPS) is 10.7. The fourth-order valence-electron chi connectivity index (χ4n) is 1.84. The Hall–Kier alpha value is -1.74. The Morgan fingerprint density at radius 1 is 0.944 bits per heavy atom. The molecule has 0 aromatic heterocycles. The van der Waals surface area contributed by atoms with Crippen molar-refractivity contribution in [2.75, 3.05) is 20.3 Å². The lowest BCUT2D eigenvalue weighted by Gasteiger charge is -2.07. The average Bonchev–Trinajstić information content (AvgIpc) is 2.38. The SMILES string of the molecule is COCCCCOc1ccc2ccc(O)cc2c1. The molecule has 0 radical (unpaired) electrons. The van der Waals surface area contributed by atoms with Crippen molar-refractivity contribution in [3.05, 3.63) is 36.4 Å². The minimum absolute atomic E-state index is 0.278. The first-order valence-electron chi connectivity index (χ1n) is 6.14. The molecule has 0 aliphatic heterocycles. The highest BCUT2D eigenvalue weighted by Crippen LogP contribution is 2.24. The lowest BCUT2D eigenvalue weighted by molar-refractivity contribution is 0.184. The van der Waals surface area contributed by atoms with Crippen LogP contribution in [0.15, 0.2) is 36.4 Å². The van der Waals surface area contributed by atoms with E-state index >= 15 is 0 Å². The highest BCUT2D eigenvalue weighted by atomic mass is 16.5. The number of methoxy groups -OCH3 is 1. The first-order valence-corrected chi connectivity index (χ1v) is 6.14. The molecule has 0 aliphatic carbocycles. The van der Waals surface area contributed by atoms with Gasteiger partial charge in [-0.25, -0.2) is 0 Å². The van der Waals surface area contributed by atoms with Crippen LogP contribution < -0.4 is 4.74 Å². The average molecular weight is 246 g/mol. The van der Waals surface area contributed by atoms with E-state index in [0.29, 0.717) is 6.61 Å². The molecule has 0 amide bonds. The van der Waals surface area contributed by atoms with Crippen molar-refractivity contribution in [3.8, 4) is 11.5 Å². The van der Waals surface area contributed by atoms with Crippen molar-refractivity contribution < 1.29 is 14.6 Å². The molecule has 0 fully saturated rings. The zero-order chi connectivity index (χ0) is 12.8. The van der Waals surface area contributed by atoms with Crippen molar-refractivity contribution >= 4 is 10.8 Å². The second-order valence-corrected chi connectivity index (χ2v) is 4.24. The lowest BCUT2D eigenvalue weighted by Crippen LogP contribution is -1.99. The van der Waals surface area contributed by atoms with Gasteiger partial charge in [0.1, 0.15) is 11.5 Å². The van der Waals surface area contributed by atoms with Crippen molar-refractivity contribution in [3.63, 3.8) is 0 Å². The summed E-state index contributed by atoms with van der Waals surface area (Å²) in [5, 5.41) is 11.5. The Balaban J connectivity index is 1.97. The molecule has 1 N–H and O–H groups in total. The van der Waals surface area contributed by atoms with E-state index < -0.39 is 0 Å². The topological polar surface area (TPSA) is 38.7 Å². The predicted octanol–water partition coefficient (Wildman–Crippen LogP) is 3.35. The zero-order valence-corrected chi connectivity index (χ0v) is 10.6. The van der Waals surface area contributed by atoms with Crippen LogP contribution in [-0.4, -0.2) is 25.4 Å². The van der Waals surface area contributed by atoms with E-state index in [2.05, 4.69) is 0 Å². The molecule has 3 heteroatoms. The number of hydrogen-bond acceptors (Lipinski definition) is 3. The highest BCUT2D eigenvalue weighted by molar-refractivity contribution is 5.85. The molecule has 0 unspecified atom stereocenters. The number of ether oxygens (including phenoxy) is 2. The first kappa shape index (κ1) is 12.7. The second kappa shape index (κ2) is 6.26. The van der Waals surface area contributed by atoms with Gasteiger partial charge in [-0.3, -0.25) is 0 Å². The second-order valence-electron chi connectivity index (χ2n) is 4.24. The first-order chi connectivity index (χ1) is 8.79. The van der Waals surface area contributed by atoms with Crippen LogP contribution in [0.2, 0.25) is 0 Å². The van der Waals surface area contributed by atoms with E-state index in [-0.39, 0.29) is 5.75 Å². The number of unbranched alkanes of at least 4 members (excludes halogenated alkanes) is 1. The number of phenols is 1. The predicted molar refractivity (Wildman–Crippen MR) is 72.2 cm³/mol. The van der Waals surface area contributed by atoms with Crippen LogP contribution in [0.3, 0.4) is 0 Å². The van der Waals surface area contributed by atoms with Crippen LogP contribution in [0.4, 0.5) is 0 Å².